The first-order valence-electron chi connectivity index (χ1n) is 24.4. The van der Waals surface area contributed by atoms with Crippen molar-refractivity contribution in [2.24, 2.45) is 23.5 Å². The van der Waals surface area contributed by atoms with E-state index < -0.39 is 143 Å². The van der Waals surface area contributed by atoms with Crippen LogP contribution in [-0.4, -0.2) is 170 Å². The largest absolute Gasteiger partial charge is 0.496 e. The molecule has 412 valence electrons. The van der Waals surface area contributed by atoms with E-state index in [0.29, 0.717) is 41.5 Å². The third kappa shape index (κ3) is 17.3. The molecule has 2 aliphatic rings. The van der Waals surface area contributed by atoms with Crippen LogP contribution in [0.25, 0.3) is 0 Å². The average Bonchev–Trinajstić information content (AvgIpc) is 3.33. The zero-order valence-electron chi connectivity index (χ0n) is 43.2. The number of unbranched alkanes of at least 4 members (excludes halogenated alkanes) is 1. The number of esters is 1. The fourth-order valence-electron chi connectivity index (χ4n) is 8.41. The van der Waals surface area contributed by atoms with Crippen molar-refractivity contribution in [3.8, 4) is 5.75 Å². The van der Waals surface area contributed by atoms with Crippen LogP contribution >= 0.6 is 15.9 Å². The van der Waals surface area contributed by atoms with Gasteiger partial charge >= 0.3 is 16.4 Å². The average molecular weight is 1120 g/mol. The van der Waals surface area contributed by atoms with Crippen molar-refractivity contribution in [3.05, 3.63) is 28.2 Å². The number of carbonyl (C=O) groups is 8. The van der Waals surface area contributed by atoms with Crippen LogP contribution in [0.5, 0.6) is 5.75 Å². The Morgan fingerprint density at radius 3 is 2.15 bits per heavy atom. The summed E-state index contributed by atoms with van der Waals surface area (Å²) in [5.74, 6) is -8.75. The van der Waals surface area contributed by atoms with E-state index in [-0.39, 0.29) is 32.2 Å². The number of halogens is 1. The summed E-state index contributed by atoms with van der Waals surface area (Å²) in [5.41, 5.74) is 6.34. The number of aliphatic hydroxyl groups excluding tert-OH is 1. The molecule has 24 nitrogen and oxygen atoms in total. The van der Waals surface area contributed by atoms with E-state index in [2.05, 4.69) is 46.7 Å². The highest BCUT2D eigenvalue weighted by molar-refractivity contribution is 9.10. The van der Waals surface area contributed by atoms with E-state index in [1.165, 1.54) is 39.8 Å². The number of hydrogen-bond donors (Lipinski definition) is 8. The summed E-state index contributed by atoms with van der Waals surface area (Å²) in [5, 5.41) is 24.6. The Hall–Kier alpha value is -4.99. The lowest BCUT2D eigenvalue weighted by Crippen LogP contribution is -2.66. The molecule has 1 aromatic carbocycles. The fourth-order valence-corrected chi connectivity index (χ4v) is 9.29. The summed E-state index contributed by atoms with van der Waals surface area (Å²) < 4.78 is 52.8. The number of amides is 7. The topological polar surface area (TPSA) is 341 Å². The number of nitrogens with one attached hydrogen (secondary N) is 5. The number of cyclic esters (lactones) is 1. The number of likely N-dealkylation sites (N-methyl/N-ethyl adjacent to an activating group) is 1. The van der Waals surface area contributed by atoms with E-state index in [0.717, 1.165) is 12.0 Å². The SMILES string of the molecule is CC[C@@H](C)[C@H]1C(=O)N(C)[C@@H](Cc2ccc(OC)c(Br)c2)C(=O)N[C@@H]([C@@H](C)CC)C(=O)O[C@@H](C)[C@H](NC(=O)[C@H](NC(=O)[C@@H](COS(=O)(=O)O)OC)C(C)C)C(=O)N[C@@H](CCCCN)C(=O)N[C@H]2CC[C@@H](O)N1C2=O. The first kappa shape index (κ1) is 62.3. The van der Waals surface area contributed by atoms with E-state index in [4.69, 9.17) is 24.5 Å². The first-order chi connectivity index (χ1) is 34.2. The number of fused-ring (bicyclic) bond motifs is 2. The molecule has 3 rings (SSSR count). The second-order valence-corrected chi connectivity index (χ2v) is 20.8. The molecular formula is C47H75BrN8O16S. The minimum atomic E-state index is -4.99. The predicted octanol–water partition coefficient (Wildman–Crippen LogP) is 0.218. The summed E-state index contributed by atoms with van der Waals surface area (Å²) in [6.07, 6.45) is -3.62. The molecule has 7 amide bonds. The normalized spacial score (nSPS) is 25.7. The van der Waals surface area contributed by atoms with Crippen LogP contribution in [0.3, 0.4) is 0 Å². The lowest BCUT2D eigenvalue weighted by atomic mass is 9.91. The molecule has 0 aromatic heterocycles. The Labute approximate surface area is 435 Å². The summed E-state index contributed by atoms with van der Waals surface area (Å²) in [6.45, 7) is 10.5. The van der Waals surface area contributed by atoms with Gasteiger partial charge in [-0.25, -0.2) is 8.98 Å². The Morgan fingerprint density at radius 1 is 0.932 bits per heavy atom. The van der Waals surface area contributed by atoms with Crippen LogP contribution in [0.2, 0.25) is 0 Å². The monoisotopic (exact) mass is 1120 g/mol. The predicted molar refractivity (Wildman–Crippen MR) is 267 cm³/mol. The maximum absolute atomic E-state index is 15.0. The highest BCUT2D eigenvalue weighted by Crippen LogP contribution is 2.30. The Kier molecular flexibility index (Phi) is 24.4. The van der Waals surface area contributed by atoms with Crippen LogP contribution in [0.1, 0.15) is 99.0 Å². The van der Waals surface area contributed by atoms with Crippen LogP contribution in [0.15, 0.2) is 22.7 Å². The summed E-state index contributed by atoms with van der Waals surface area (Å²) >= 11 is 3.47. The minimum Gasteiger partial charge on any atom is -0.496 e. The van der Waals surface area contributed by atoms with Crippen molar-refractivity contribution in [2.75, 3.05) is 34.4 Å². The lowest BCUT2D eigenvalue weighted by Gasteiger charge is -2.44. The van der Waals surface area contributed by atoms with Crippen LogP contribution in [-0.2, 0) is 68.8 Å². The summed E-state index contributed by atoms with van der Waals surface area (Å²) in [6, 6.07) is -5.08. The van der Waals surface area contributed by atoms with Gasteiger partial charge in [-0.3, -0.25) is 38.1 Å². The van der Waals surface area contributed by atoms with Gasteiger partial charge in [-0.05, 0) is 97.0 Å². The van der Waals surface area contributed by atoms with Crippen molar-refractivity contribution in [1.29, 1.82) is 0 Å². The maximum Gasteiger partial charge on any atom is 0.397 e. The quantitative estimate of drug-likeness (QED) is 0.0492. The molecule has 26 heteroatoms. The van der Waals surface area contributed by atoms with E-state index in [9.17, 15) is 47.1 Å². The molecule has 0 unspecified atom stereocenters. The molecule has 0 spiro atoms. The number of ether oxygens (including phenoxy) is 3. The number of hydrogen-bond acceptors (Lipinski definition) is 16. The van der Waals surface area contributed by atoms with E-state index >= 15 is 4.79 Å². The molecule has 0 radical (unpaired) electrons. The lowest BCUT2D eigenvalue weighted by molar-refractivity contribution is -0.168. The van der Waals surface area contributed by atoms with Gasteiger partial charge in [0.2, 0.25) is 35.4 Å². The third-order valence-corrected chi connectivity index (χ3v) is 14.3. The molecule has 12 atom stereocenters. The van der Waals surface area contributed by atoms with Crippen molar-refractivity contribution in [1.82, 2.24) is 36.4 Å². The molecule has 0 aliphatic carbocycles. The fraction of sp³-hybridized carbons (Fsp3) is 0.702. The maximum atomic E-state index is 15.0. The van der Waals surface area contributed by atoms with Crippen LogP contribution in [0.4, 0.5) is 0 Å². The van der Waals surface area contributed by atoms with Crippen LogP contribution in [0, 0.1) is 17.8 Å². The molecule has 2 fully saturated rings. The zero-order chi connectivity index (χ0) is 55.1. The Balaban J connectivity index is 2.27. The number of nitrogens with two attached hydrogens (primary N) is 1. The summed E-state index contributed by atoms with van der Waals surface area (Å²) in [4.78, 5) is 118. The second-order valence-electron chi connectivity index (χ2n) is 18.8. The highest BCUT2D eigenvalue weighted by atomic mass is 79.9. The van der Waals surface area contributed by atoms with Gasteiger partial charge in [0.05, 0.1) is 11.6 Å². The van der Waals surface area contributed by atoms with Gasteiger partial charge < -0.3 is 61.4 Å². The van der Waals surface area contributed by atoms with Gasteiger partial charge in [-0.2, -0.15) is 8.42 Å². The highest BCUT2D eigenvalue weighted by Gasteiger charge is 2.47. The van der Waals surface area contributed by atoms with Gasteiger partial charge in [-0.1, -0.05) is 60.5 Å². The summed E-state index contributed by atoms with van der Waals surface area (Å²) in [7, 11) is -1.08. The standard InChI is InChI=1S/C47H75BrN8O16S/c1-11-25(5)37-47(65)72-27(7)38(54-43(61)36(24(3)4)52-42(60)34(70-10)23-71-73(66,67)68)44(62)50-30(15-13-14-20-49)40(58)51-31-17-19-35(57)56(45(31)63)39(26(6)12-2)46(64)55(8)32(41(59)53-37)22-28-16-18-33(69-9)29(48)21-28/h16,18,21,24-27,30-32,34-39,57H,11-15,17,19-20,22-23,49H2,1-10H3,(H,50,62)(H,51,58)(H,52,60)(H,53,59)(H,54,61)(H,66,67,68)/t25-,26+,27-,30-,31-,32-,34+,35+,36+,37-,38-,39-/m0/s1. The van der Waals surface area contributed by atoms with E-state index in [1.807, 2.05) is 0 Å². The molecule has 73 heavy (non-hydrogen) atoms. The third-order valence-electron chi connectivity index (χ3n) is 13.3. The molecule has 0 saturated carbocycles. The number of rotatable bonds is 20. The Bertz CT molecular complexity index is 2220. The zero-order valence-corrected chi connectivity index (χ0v) is 45.6. The number of aliphatic hydroxyl groups is 1. The van der Waals surface area contributed by atoms with Gasteiger partial charge in [0.25, 0.3) is 5.91 Å². The number of nitrogens with zero attached hydrogens (tertiary/aromatic N) is 2. The van der Waals surface area contributed by atoms with Gasteiger partial charge in [0.1, 0.15) is 67.0 Å². The number of benzene rings is 1. The van der Waals surface area contributed by atoms with E-state index in [1.54, 1.807) is 45.9 Å². The number of carbonyl (C=O) groups excluding carboxylic acids is 8. The Morgan fingerprint density at radius 2 is 1.59 bits per heavy atom. The molecule has 2 saturated heterocycles. The molecule has 9 N–H and O–H groups in total. The van der Waals surface area contributed by atoms with Crippen molar-refractivity contribution in [2.45, 2.75) is 161 Å². The number of methoxy groups -OCH3 is 2. The molecule has 2 aliphatic heterocycles. The first-order valence-corrected chi connectivity index (χ1v) is 26.6. The molecule has 2 heterocycles. The minimum absolute atomic E-state index is 0.0291. The molecule has 2 bridgehead atoms. The smallest absolute Gasteiger partial charge is 0.397 e. The van der Waals surface area contributed by atoms with Crippen molar-refractivity contribution in [3.63, 3.8) is 0 Å². The van der Waals surface area contributed by atoms with Gasteiger partial charge in [0.15, 0.2) is 6.10 Å². The number of piperidine rings is 1. The molecule has 1 aromatic rings. The van der Waals surface area contributed by atoms with Gasteiger partial charge in [0, 0.05) is 20.6 Å². The van der Waals surface area contributed by atoms with Crippen LogP contribution < -0.4 is 37.1 Å². The second kappa shape index (κ2) is 28.6. The van der Waals surface area contributed by atoms with Crippen molar-refractivity contribution < 1.29 is 74.8 Å². The molecular weight excluding hydrogens is 1040 g/mol. The van der Waals surface area contributed by atoms with Gasteiger partial charge in [-0.15, -0.1) is 0 Å². The van der Waals surface area contributed by atoms with Crippen molar-refractivity contribution >= 4 is 73.6 Å².